The molecule has 18 heavy (non-hydrogen) atoms. The van der Waals surface area contributed by atoms with Crippen LogP contribution in [0.5, 0.6) is 0 Å². The van der Waals surface area contributed by atoms with Crippen molar-refractivity contribution in [3.63, 3.8) is 0 Å². The topological polar surface area (TPSA) is 62.7 Å². The number of hydrogen-bond donors (Lipinski definition) is 1. The van der Waals surface area contributed by atoms with Crippen molar-refractivity contribution in [1.29, 1.82) is 0 Å². The Bertz CT molecular complexity index is 411. The van der Waals surface area contributed by atoms with Crippen molar-refractivity contribution in [2.45, 2.75) is 39.0 Å². The van der Waals surface area contributed by atoms with E-state index in [1.54, 1.807) is 5.51 Å². The smallest absolute Gasteiger partial charge is 0.309 e. The first-order valence-corrected chi connectivity index (χ1v) is 6.93. The van der Waals surface area contributed by atoms with E-state index in [1.165, 1.54) is 11.3 Å². The van der Waals surface area contributed by atoms with Gasteiger partial charge in [-0.05, 0) is 13.8 Å². The first kappa shape index (κ1) is 13.5. The Hall–Kier alpha value is -0.980. The molecule has 1 N–H and O–H groups in total. The molecule has 0 radical (unpaired) electrons. The molecule has 2 heterocycles. The average molecular weight is 270 g/mol. The standard InChI is InChI=1S/C12H18N2O3S/c1-8-4-14(5-9(2)17-8)6-11-10(3-12(15)16)13-7-18-11/h7-9H,3-6H2,1-2H3,(H,15,16). The number of ether oxygens (including phenoxy) is 1. The number of hydrogen-bond acceptors (Lipinski definition) is 5. The van der Waals surface area contributed by atoms with Gasteiger partial charge in [-0.3, -0.25) is 9.69 Å². The second-order valence-corrected chi connectivity index (χ2v) is 5.68. The first-order valence-electron chi connectivity index (χ1n) is 6.05. The zero-order valence-corrected chi connectivity index (χ0v) is 11.4. The second-order valence-electron chi connectivity index (χ2n) is 4.74. The van der Waals surface area contributed by atoms with E-state index < -0.39 is 5.97 Å². The zero-order chi connectivity index (χ0) is 13.1. The molecule has 1 aromatic heterocycles. The van der Waals surface area contributed by atoms with Crippen LogP contribution in [0, 0.1) is 0 Å². The Morgan fingerprint density at radius 3 is 2.83 bits per heavy atom. The molecule has 5 nitrogen and oxygen atoms in total. The number of morpholine rings is 1. The van der Waals surface area contributed by atoms with Crippen molar-refractivity contribution in [3.8, 4) is 0 Å². The number of thiazole rings is 1. The molecule has 1 aromatic rings. The van der Waals surface area contributed by atoms with Gasteiger partial charge in [0, 0.05) is 24.5 Å². The Labute approximate surface area is 110 Å². The van der Waals surface area contributed by atoms with E-state index >= 15 is 0 Å². The summed E-state index contributed by atoms with van der Waals surface area (Å²) in [5, 5.41) is 8.83. The molecule has 2 unspecified atom stereocenters. The van der Waals surface area contributed by atoms with Gasteiger partial charge in [-0.1, -0.05) is 0 Å². The van der Waals surface area contributed by atoms with Crippen LogP contribution in [0.3, 0.4) is 0 Å². The van der Waals surface area contributed by atoms with Gasteiger partial charge in [-0.15, -0.1) is 11.3 Å². The average Bonchev–Trinajstić information content (AvgIpc) is 2.63. The molecule has 1 aliphatic heterocycles. The fraction of sp³-hybridized carbons (Fsp3) is 0.667. The molecule has 0 saturated carbocycles. The van der Waals surface area contributed by atoms with Crippen LogP contribution in [0.1, 0.15) is 24.4 Å². The van der Waals surface area contributed by atoms with Crippen molar-refractivity contribution in [1.82, 2.24) is 9.88 Å². The van der Waals surface area contributed by atoms with Crippen LogP contribution in [-0.2, 0) is 22.5 Å². The quantitative estimate of drug-likeness (QED) is 0.895. The third-order valence-electron chi connectivity index (χ3n) is 2.91. The van der Waals surface area contributed by atoms with Gasteiger partial charge in [0.15, 0.2) is 0 Å². The summed E-state index contributed by atoms with van der Waals surface area (Å²) >= 11 is 1.53. The molecule has 0 aliphatic carbocycles. The fourth-order valence-corrected chi connectivity index (χ4v) is 3.15. The minimum absolute atomic E-state index is 0.00821. The molecule has 1 aliphatic rings. The van der Waals surface area contributed by atoms with Crippen molar-refractivity contribution < 1.29 is 14.6 Å². The summed E-state index contributed by atoms with van der Waals surface area (Å²) in [5.41, 5.74) is 2.42. The van der Waals surface area contributed by atoms with Crippen LogP contribution < -0.4 is 0 Å². The van der Waals surface area contributed by atoms with Gasteiger partial charge in [0.2, 0.25) is 0 Å². The molecule has 0 aromatic carbocycles. The van der Waals surface area contributed by atoms with Crippen molar-refractivity contribution in [2.75, 3.05) is 13.1 Å². The van der Waals surface area contributed by atoms with Gasteiger partial charge >= 0.3 is 5.97 Å². The summed E-state index contributed by atoms with van der Waals surface area (Å²) in [6.07, 6.45) is 0.461. The number of nitrogens with zero attached hydrogens (tertiary/aromatic N) is 2. The Morgan fingerprint density at radius 1 is 1.56 bits per heavy atom. The summed E-state index contributed by atoms with van der Waals surface area (Å²) in [5.74, 6) is -0.828. The van der Waals surface area contributed by atoms with Crippen molar-refractivity contribution >= 4 is 17.3 Å². The van der Waals surface area contributed by atoms with E-state index in [0.717, 1.165) is 24.5 Å². The largest absolute Gasteiger partial charge is 0.481 e. The first-order chi connectivity index (χ1) is 8.54. The van der Waals surface area contributed by atoms with Crippen LogP contribution in [-0.4, -0.2) is 46.3 Å². The molecule has 0 bridgehead atoms. The summed E-state index contributed by atoms with van der Waals surface area (Å²) in [6, 6.07) is 0. The van der Waals surface area contributed by atoms with E-state index in [9.17, 15) is 4.79 Å². The Morgan fingerprint density at radius 2 is 2.22 bits per heavy atom. The number of carbonyl (C=O) groups is 1. The molecule has 2 rings (SSSR count). The molecular formula is C12H18N2O3S. The molecule has 100 valence electrons. The minimum atomic E-state index is -0.828. The number of rotatable bonds is 4. The highest BCUT2D eigenvalue weighted by Crippen LogP contribution is 2.19. The summed E-state index contributed by atoms with van der Waals surface area (Å²) < 4.78 is 5.68. The van der Waals surface area contributed by atoms with Crippen molar-refractivity contribution in [2.24, 2.45) is 0 Å². The predicted octanol–water partition coefficient (Wildman–Crippen LogP) is 1.38. The fourth-order valence-electron chi connectivity index (χ4n) is 2.33. The van der Waals surface area contributed by atoms with Crippen molar-refractivity contribution in [3.05, 3.63) is 16.1 Å². The van der Waals surface area contributed by atoms with Crippen LogP contribution in [0.15, 0.2) is 5.51 Å². The van der Waals surface area contributed by atoms with Crippen LogP contribution in [0.2, 0.25) is 0 Å². The summed E-state index contributed by atoms with van der Waals surface area (Å²) in [4.78, 5) is 18.2. The van der Waals surface area contributed by atoms with Gasteiger partial charge in [-0.25, -0.2) is 4.98 Å². The van der Waals surface area contributed by atoms with Crippen LogP contribution in [0.25, 0.3) is 0 Å². The van der Waals surface area contributed by atoms with Gasteiger partial charge < -0.3 is 9.84 Å². The van der Waals surface area contributed by atoms with E-state index in [1.807, 2.05) is 0 Å². The maximum atomic E-state index is 10.7. The Kier molecular flexibility index (Phi) is 4.31. The number of carboxylic acid groups (broad SMARTS) is 1. The van der Waals surface area contributed by atoms with Gasteiger partial charge in [0.25, 0.3) is 0 Å². The highest BCUT2D eigenvalue weighted by atomic mass is 32.1. The molecule has 1 fully saturated rings. The van der Waals surface area contributed by atoms with E-state index in [4.69, 9.17) is 9.84 Å². The molecule has 0 spiro atoms. The number of carboxylic acids is 1. The van der Waals surface area contributed by atoms with E-state index in [2.05, 4.69) is 23.7 Å². The molecule has 6 heteroatoms. The highest BCUT2D eigenvalue weighted by Gasteiger charge is 2.23. The zero-order valence-electron chi connectivity index (χ0n) is 10.6. The van der Waals surface area contributed by atoms with Gasteiger partial charge in [0.1, 0.15) is 0 Å². The molecular weight excluding hydrogens is 252 g/mol. The third kappa shape index (κ3) is 3.51. The van der Waals surface area contributed by atoms with Gasteiger partial charge in [0.05, 0.1) is 29.8 Å². The monoisotopic (exact) mass is 270 g/mol. The van der Waals surface area contributed by atoms with E-state index in [-0.39, 0.29) is 18.6 Å². The lowest BCUT2D eigenvalue weighted by molar-refractivity contribution is -0.136. The second kappa shape index (κ2) is 5.77. The molecule has 0 amide bonds. The minimum Gasteiger partial charge on any atom is -0.481 e. The lowest BCUT2D eigenvalue weighted by Crippen LogP contribution is -2.44. The lowest BCUT2D eigenvalue weighted by atomic mass is 10.2. The van der Waals surface area contributed by atoms with E-state index in [0.29, 0.717) is 5.69 Å². The normalized spacial score (nSPS) is 25.2. The Balaban J connectivity index is 2.00. The SMILES string of the molecule is CC1CN(Cc2scnc2CC(=O)O)CC(C)O1. The van der Waals surface area contributed by atoms with Gasteiger partial charge in [-0.2, -0.15) is 0 Å². The predicted molar refractivity (Wildman–Crippen MR) is 68.7 cm³/mol. The lowest BCUT2D eigenvalue weighted by Gasteiger charge is -2.35. The maximum Gasteiger partial charge on any atom is 0.309 e. The highest BCUT2D eigenvalue weighted by molar-refractivity contribution is 7.09. The third-order valence-corrected chi connectivity index (χ3v) is 3.77. The van der Waals surface area contributed by atoms with Crippen LogP contribution >= 0.6 is 11.3 Å². The number of aliphatic carboxylic acids is 1. The molecule has 2 atom stereocenters. The summed E-state index contributed by atoms with van der Waals surface area (Å²) in [7, 11) is 0. The maximum absolute atomic E-state index is 10.7. The molecule has 1 saturated heterocycles. The number of aromatic nitrogens is 1. The van der Waals surface area contributed by atoms with Crippen LogP contribution in [0.4, 0.5) is 0 Å². The summed E-state index contributed by atoms with van der Waals surface area (Å²) in [6.45, 7) is 6.66.